The van der Waals surface area contributed by atoms with Gasteiger partial charge in [0.05, 0.1) is 5.69 Å². The lowest BCUT2D eigenvalue weighted by Gasteiger charge is -2.33. The number of likely N-dealkylation sites (tertiary alicyclic amines) is 1. The van der Waals surface area contributed by atoms with Gasteiger partial charge in [-0.3, -0.25) is 19.3 Å². The molecule has 3 heterocycles. The molecule has 0 aliphatic carbocycles. The number of hydrogen-bond donors (Lipinski definition) is 2. The van der Waals surface area contributed by atoms with E-state index in [1.165, 1.54) is 23.1 Å². The molecular formula is C20H25FN3O3S+. The summed E-state index contributed by atoms with van der Waals surface area (Å²) in [4.78, 5) is 41.3. The molecule has 0 aromatic heterocycles. The summed E-state index contributed by atoms with van der Waals surface area (Å²) in [7, 11) is 0. The maximum Gasteiger partial charge on any atom is 0.291 e. The molecule has 8 heteroatoms. The molecule has 3 amide bonds. The summed E-state index contributed by atoms with van der Waals surface area (Å²) in [5.41, 5.74) is -0.987. The minimum Gasteiger partial charge on any atom is -0.326 e. The number of halogens is 1. The van der Waals surface area contributed by atoms with Crippen LogP contribution in [0.25, 0.3) is 0 Å². The van der Waals surface area contributed by atoms with Gasteiger partial charge in [-0.1, -0.05) is 0 Å². The first-order valence-electron chi connectivity index (χ1n) is 9.47. The second-order valence-corrected chi connectivity index (χ2v) is 9.80. The van der Waals surface area contributed by atoms with Gasteiger partial charge in [0.15, 0.2) is 0 Å². The van der Waals surface area contributed by atoms with Crippen molar-refractivity contribution in [2.24, 2.45) is 11.8 Å². The molecule has 3 aliphatic heterocycles. The van der Waals surface area contributed by atoms with Crippen LogP contribution >= 0.6 is 11.8 Å². The Morgan fingerprint density at radius 2 is 1.96 bits per heavy atom. The van der Waals surface area contributed by atoms with Crippen LogP contribution in [0.1, 0.15) is 32.8 Å². The van der Waals surface area contributed by atoms with E-state index in [-0.39, 0.29) is 23.8 Å². The molecule has 3 aliphatic rings. The van der Waals surface area contributed by atoms with Gasteiger partial charge in [-0.15, -0.1) is 0 Å². The molecule has 6 nitrogen and oxygen atoms in total. The molecule has 2 saturated heterocycles. The second kappa shape index (κ2) is 6.29. The van der Waals surface area contributed by atoms with Gasteiger partial charge >= 0.3 is 0 Å². The number of amides is 3. The Morgan fingerprint density at radius 1 is 1.25 bits per heavy atom. The Morgan fingerprint density at radius 3 is 2.61 bits per heavy atom. The summed E-state index contributed by atoms with van der Waals surface area (Å²) in [6.07, 6.45) is 2.68. The van der Waals surface area contributed by atoms with E-state index in [0.717, 1.165) is 5.75 Å². The number of imide groups is 1. The number of fused-ring (bicyclic) bond motifs is 4. The van der Waals surface area contributed by atoms with Crippen LogP contribution in [-0.4, -0.2) is 46.2 Å². The standard InChI is InChI=1S/C20H24FN3O3S/c1-19(2,3)24-16(25)14-13(7-8-28-4)23-20(15(14)17(24)26)11-9-10(21)5-6-12(11)22-18(20)27/h5-6,9,13-15,23H,7-8H2,1-4H3,(H,22,27)/p+1/t13-,14-,15-,20+/m1/s1. The Hall–Kier alpha value is -1.93. The summed E-state index contributed by atoms with van der Waals surface area (Å²) in [5.74, 6) is -1.96. The van der Waals surface area contributed by atoms with Gasteiger partial charge in [-0.05, 0) is 51.0 Å². The highest BCUT2D eigenvalue weighted by molar-refractivity contribution is 7.98. The highest BCUT2D eigenvalue weighted by atomic mass is 32.2. The number of anilines is 1. The van der Waals surface area contributed by atoms with Gasteiger partial charge in [-0.2, -0.15) is 11.8 Å². The van der Waals surface area contributed by atoms with Crippen molar-refractivity contribution in [2.45, 2.75) is 44.3 Å². The lowest BCUT2D eigenvalue weighted by atomic mass is 9.76. The quantitative estimate of drug-likeness (QED) is 0.736. The van der Waals surface area contributed by atoms with Crippen molar-refractivity contribution in [2.75, 3.05) is 17.3 Å². The minimum absolute atomic E-state index is 0.207. The smallest absolute Gasteiger partial charge is 0.291 e. The first-order chi connectivity index (χ1) is 13.1. The zero-order valence-electron chi connectivity index (χ0n) is 16.4. The maximum atomic E-state index is 14.1. The van der Waals surface area contributed by atoms with Crippen LogP contribution in [0.5, 0.6) is 0 Å². The highest BCUT2D eigenvalue weighted by Gasteiger charge is 2.74. The molecule has 2 fully saturated rings. The van der Waals surface area contributed by atoms with Crippen molar-refractivity contribution in [3.8, 4) is 0 Å². The first kappa shape index (κ1) is 19.4. The number of nitrogens with zero attached hydrogens (tertiary/aromatic N) is 1. The van der Waals surface area contributed by atoms with Gasteiger partial charge in [-0.25, -0.2) is 4.39 Å². The molecular weight excluding hydrogens is 381 g/mol. The molecule has 1 aromatic carbocycles. The van der Waals surface area contributed by atoms with Crippen LogP contribution in [0.3, 0.4) is 0 Å². The van der Waals surface area contributed by atoms with Crippen LogP contribution in [0.15, 0.2) is 18.2 Å². The van der Waals surface area contributed by atoms with E-state index < -0.39 is 28.7 Å². The molecule has 0 radical (unpaired) electrons. The zero-order valence-corrected chi connectivity index (χ0v) is 17.2. The van der Waals surface area contributed by atoms with Crippen molar-refractivity contribution < 1.29 is 24.1 Å². The Balaban J connectivity index is 1.89. The number of hydrogen-bond acceptors (Lipinski definition) is 4. The number of carbonyl (C=O) groups is 3. The van der Waals surface area contributed by atoms with Crippen LogP contribution in [0.2, 0.25) is 0 Å². The topological polar surface area (TPSA) is 83.1 Å². The summed E-state index contributed by atoms with van der Waals surface area (Å²) < 4.78 is 14.1. The molecule has 0 bridgehead atoms. The fourth-order valence-corrected chi connectivity index (χ4v) is 5.62. The van der Waals surface area contributed by atoms with Crippen LogP contribution in [0, 0.1) is 17.7 Å². The summed E-state index contributed by atoms with van der Waals surface area (Å²) >= 11 is 1.66. The number of thioether (sulfide) groups is 1. The SMILES string of the molecule is CSCC[C@H]1[NH2+][C@]2(C(=O)Nc3ccc(F)cc32)[C@H]2C(=O)N(C(C)(C)C)C(=O)[C@H]12. The van der Waals surface area contributed by atoms with Crippen molar-refractivity contribution in [1.82, 2.24) is 4.90 Å². The predicted octanol–water partition coefficient (Wildman–Crippen LogP) is 1.07. The van der Waals surface area contributed by atoms with E-state index in [1.807, 2.05) is 32.3 Å². The van der Waals surface area contributed by atoms with Crippen LogP contribution in [0.4, 0.5) is 10.1 Å². The van der Waals surface area contributed by atoms with Crippen molar-refractivity contribution in [3.63, 3.8) is 0 Å². The Labute approximate surface area is 167 Å². The lowest BCUT2D eigenvalue weighted by molar-refractivity contribution is -0.733. The number of nitrogens with one attached hydrogen (secondary N) is 1. The van der Waals surface area contributed by atoms with Crippen LogP contribution < -0.4 is 10.6 Å². The van der Waals surface area contributed by atoms with Crippen molar-refractivity contribution in [1.29, 1.82) is 0 Å². The lowest BCUT2D eigenvalue weighted by Crippen LogP contribution is -2.99. The van der Waals surface area contributed by atoms with Crippen molar-refractivity contribution in [3.05, 3.63) is 29.6 Å². The van der Waals surface area contributed by atoms with E-state index in [0.29, 0.717) is 17.7 Å². The van der Waals surface area contributed by atoms with Gasteiger partial charge in [0.25, 0.3) is 5.91 Å². The van der Waals surface area contributed by atoms with Gasteiger partial charge in [0.1, 0.15) is 23.7 Å². The molecule has 3 N–H and O–H groups in total. The predicted molar refractivity (Wildman–Crippen MR) is 104 cm³/mol. The molecule has 1 aromatic rings. The fourth-order valence-electron chi connectivity index (χ4n) is 5.11. The third-order valence-electron chi connectivity index (χ3n) is 6.16. The van der Waals surface area contributed by atoms with E-state index in [2.05, 4.69) is 5.32 Å². The monoisotopic (exact) mass is 406 g/mol. The molecule has 0 saturated carbocycles. The molecule has 0 unspecified atom stereocenters. The number of benzene rings is 1. The minimum atomic E-state index is -1.29. The zero-order chi connectivity index (χ0) is 20.4. The van der Waals surface area contributed by atoms with Crippen molar-refractivity contribution >= 4 is 35.2 Å². The fraction of sp³-hybridized carbons (Fsp3) is 0.550. The maximum absolute atomic E-state index is 14.1. The second-order valence-electron chi connectivity index (χ2n) is 8.81. The third-order valence-corrected chi connectivity index (χ3v) is 6.80. The Bertz CT molecular complexity index is 884. The van der Waals surface area contributed by atoms with Crippen LogP contribution in [-0.2, 0) is 19.9 Å². The molecule has 4 rings (SSSR count). The number of carbonyl (C=O) groups excluding carboxylic acids is 3. The number of nitrogens with two attached hydrogens (primary N) is 1. The largest absolute Gasteiger partial charge is 0.326 e. The highest BCUT2D eigenvalue weighted by Crippen LogP contribution is 2.50. The molecule has 28 heavy (non-hydrogen) atoms. The van der Waals surface area contributed by atoms with Gasteiger partial charge in [0.2, 0.25) is 17.4 Å². The van der Waals surface area contributed by atoms with Gasteiger partial charge < -0.3 is 10.6 Å². The van der Waals surface area contributed by atoms with E-state index in [1.54, 1.807) is 11.8 Å². The third kappa shape index (κ3) is 2.47. The van der Waals surface area contributed by atoms with Gasteiger partial charge in [0, 0.05) is 17.5 Å². The number of quaternary nitrogens is 1. The summed E-state index contributed by atoms with van der Waals surface area (Å²) in [5, 5.41) is 4.67. The first-order valence-corrected chi connectivity index (χ1v) is 10.9. The summed E-state index contributed by atoms with van der Waals surface area (Å²) in [6, 6.07) is 3.94. The molecule has 4 atom stereocenters. The molecule has 1 spiro atoms. The molecule has 150 valence electrons. The Kier molecular flexibility index (Phi) is 4.35. The van der Waals surface area contributed by atoms with E-state index in [9.17, 15) is 18.8 Å². The average molecular weight is 407 g/mol. The van der Waals surface area contributed by atoms with E-state index in [4.69, 9.17) is 0 Å². The number of rotatable bonds is 3. The van der Waals surface area contributed by atoms with E-state index >= 15 is 0 Å². The normalized spacial score (nSPS) is 31.5. The summed E-state index contributed by atoms with van der Waals surface area (Å²) in [6.45, 7) is 5.46. The average Bonchev–Trinajstić information content (AvgIpc) is 3.18.